The third-order valence-corrected chi connectivity index (χ3v) is 6.27. The van der Waals surface area contributed by atoms with Crippen LogP contribution < -0.4 is 0 Å². The first-order chi connectivity index (χ1) is 9.88. The summed E-state index contributed by atoms with van der Waals surface area (Å²) in [5.74, 6) is 0. The van der Waals surface area contributed by atoms with Crippen LogP contribution in [0.25, 0.3) is 0 Å². The summed E-state index contributed by atoms with van der Waals surface area (Å²) in [6.07, 6.45) is 6.05. The van der Waals surface area contributed by atoms with Gasteiger partial charge in [-0.05, 0) is 44.6 Å². The molecule has 0 aliphatic rings. The number of allylic oxidation sites excluding steroid dienone is 2. The van der Waals surface area contributed by atoms with Gasteiger partial charge >= 0.3 is 0 Å². The number of alkyl halides is 2. The molecule has 1 rings (SSSR count). The van der Waals surface area contributed by atoms with E-state index in [0.29, 0.717) is 5.56 Å². The molecule has 0 saturated heterocycles. The van der Waals surface area contributed by atoms with E-state index in [4.69, 9.17) is 0 Å². The highest BCUT2D eigenvalue weighted by Crippen LogP contribution is 2.52. The Morgan fingerprint density at radius 2 is 1.90 bits per heavy atom. The molecule has 0 amide bonds. The summed E-state index contributed by atoms with van der Waals surface area (Å²) in [7, 11) is 0.858. The number of halogens is 2. The zero-order valence-electron chi connectivity index (χ0n) is 12.5. The van der Waals surface area contributed by atoms with Gasteiger partial charge < -0.3 is 0 Å². The maximum atomic E-state index is 13.4. The molecule has 0 saturated carbocycles. The van der Waals surface area contributed by atoms with Crippen LogP contribution in [0.5, 0.6) is 0 Å². The first kappa shape index (κ1) is 18.4. The zero-order valence-corrected chi connectivity index (χ0v) is 14.5. The quantitative estimate of drug-likeness (QED) is 0.359. The van der Waals surface area contributed by atoms with Crippen LogP contribution in [0, 0.1) is 0 Å². The number of carbonyl (C=O) groups is 1. The normalized spacial score (nSPS) is 14.0. The van der Waals surface area contributed by atoms with Gasteiger partial charge in [0.25, 0.3) is 5.66 Å². The fraction of sp³-hybridized carbons (Fsp3) is 0.438. The van der Waals surface area contributed by atoms with E-state index in [0.717, 1.165) is 31.7 Å². The Kier molecular flexibility index (Phi) is 7.63. The highest BCUT2D eigenvalue weighted by molar-refractivity contribution is 7.62. The van der Waals surface area contributed by atoms with E-state index in [9.17, 15) is 13.6 Å². The Balaban J connectivity index is 2.38. The van der Waals surface area contributed by atoms with E-state index < -0.39 is 13.6 Å². The van der Waals surface area contributed by atoms with Gasteiger partial charge in [0.15, 0.2) is 0 Å². The van der Waals surface area contributed by atoms with E-state index in [2.05, 4.69) is 0 Å². The zero-order chi connectivity index (χ0) is 15.9. The third kappa shape index (κ3) is 6.32. The van der Waals surface area contributed by atoms with Crippen LogP contribution in [0.4, 0.5) is 8.78 Å². The average molecular weight is 330 g/mol. The molecule has 1 aromatic rings. The van der Waals surface area contributed by atoms with Crippen LogP contribution in [0.1, 0.15) is 35.7 Å². The molecule has 1 aromatic carbocycles. The number of aldehydes is 1. The standard InChI is InChI=1S/C16H22F2OP2/c1-3-15(16(17,18)20)21(2)11-5-4-6-13-7-9-14(12-19)10-8-13/h3,7-10,12H,4-6,11,20H2,1-2H3/b15-3-. The van der Waals surface area contributed by atoms with Crippen molar-refractivity contribution in [3.05, 3.63) is 46.8 Å². The van der Waals surface area contributed by atoms with Crippen molar-refractivity contribution in [3.63, 3.8) is 0 Å². The van der Waals surface area contributed by atoms with E-state index in [1.807, 2.05) is 30.9 Å². The molecule has 0 spiro atoms. The molecule has 0 aliphatic heterocycles. The summed E-state index contributed by atoms with van der Waals surface area (Å²) < 4.78 is 26.7. The number of benzene rings is 1. The molecule has 0 aliphatic carbocycles. The Bertz CT molecular complexity index is 478. The van der Waals surface area contributed by atoms with Crippen LogP contribution in [0.2, 0.25) is 0 Å². The topological polar surface area (TPSA) is 17.1 Å². The molecule has 1 nitrogen and oxygen atoms in total. The van der Waals surface area contributed by atoms with Crippen molar-refractivity contribution in [1.29, 1.82) is 0 Å². The van der Waals surface area contributed by atoms with Gasteiger partial charge in [-0.2, -0.15) is 8.78 Å². The highest BCUT2D eigenvalue weighted by atomic mass is 31.1. The van der Waals surface area contributed by atoms with Crippen molar-refractivity contribution < 1.29 is 13.6 Å². The van der Waals surface area contributed by atoms with Crippen LogP contribution >= 0.6 is 17.2 Å². The summed E-state index contributed by atoms with van der Waals surface area (Å²) in [6.45, 7) is 3.60. The Morgan fingerprint density at radius 3 is 2.38 bits per heavy atom. The van der Waals surface area contributed by atoms with Gasteiger partial charge in [-0.15, -0.1) is 0 Å². The smallest absolute Gasteiger partial charge is 0.283 e. The summed E-state index contributed by atoms with van der Waals surface area (Å²) in [4.78, 5) is 10.6. The maximum Gasteiger partial charge on any atom is 0.283 e. The van der Waals surface area contributed by atoms with Gasteiger partial charge in [-0.1, -0.05) is 47.5 Å². The fourth-order valence-corrected chi connectivity index (χ4v) is 4.95. The predicted molar refractivity (Wildman–Crippen MR) is 90.9 cm³/mol. The van der Waals surface area contributed by atoms with Gasteiger partial charge in [0.05, 0.1) is 0 Å². The Hall–Kier alpha value is -0.650. The highest BCUT2D eigenvalue weighted by Gasteiger charge is 2.30. The number of rotatable bonds is 8. The lowest BCUT2D eigenvalue weighted by Crippen LogP contribution is -2.09. The first-order valence-corrected chi connectivity index (χ1v) is 9.52. The molecular formula is C16H22F2OP2. The van der Waals surface area contributed by atoms with Crippen LogP contribution in [-0.2, 0) is 6.42 Å². The maximum absolute atomic E-state index is 13.4. The molecule has 21 heavy (non-hydrogen) atoms. The van der Waals surface area contributed by atoms with Crippen molar-refractivity contribution in [2.24, 2.45) is 0 Å². The lowest BCUT2D eigenvalue weighted by atomic mass is 10.1. The average Bonchev–Trinajstić information content (AvgIpc) is 2.43. The molecule has 5 heteroatoms. The minimum atomic E-state index is -2.78. The number of carbonyl (C=O) groups excluding carboxylic acids is 1. The van der Waals surface area contributed by atoms with Gasteiger partial charge in [0.1, 0.15) is 6.29 Å². The molecule has 0 aromatic heterocycles. The minimum Gasteiger partial charge on any atom is -0.298 e. The predicted octanol–water partition coefficient (Wildman–Crippen LogP) is 5.31. The van der Waals surface area contributed by atoms with E-state index >= 15 is 0 Å². The second kappa shape index (κ2) is 8.71. The third-order valence-electron chi connectivity index (χ3n) is 3.35. The molecule has 2 atom stereocenters. The SMILES string of the molecule is C/C=C(\P(C)CCCCc1ccc(C=O)cc1)C(F)(F)P. The lowest BCUT2D eigenvalue weighted by molar-refractivity contribution is 0.112. The summed E-state index contributed by atoms with van der Waals surface area (Å²) >= 11 is 0. The van der Waals surface area contributed by atoms with Crippen molar-refractivity contribution in [2.45, 2.75) is 31.8 Å². The number of hydrogen-bond acceptors (Lipinski definition) is 1. The van der Waals surface area contributed by atoms with Crippen molar-refractivity contribution in [2.75, 3.05) is 12.8 Å². The van der Waals surface area contributed by atoms with Crippen LogP contribution in [0.3, 0.4) is 0 Å². The van der Waals surface area contributed by atoms with Crippen LogP contribution in [0.15, 0.2) is 35.7 Å². The van der Waals surface area contributed by atoms with E-state index in [1.165, 1.54) is 5.56 Å². The second-order valence-corrected chi connectivity index (χ2v) is 8.09. The molecule has 0 fully saturated rings. The molecule has 0 N–H and O–H groups in total. The van der Waals surface area contributed by atoms with Gasteiger partial charge in [0.2, 0.25) is 0 Å². The number of unbranched alkanes of at least 4 members (excludes halogenated alkanes) is 1. The van der Waals surface area contributed by atoms with Gasteiger partial charge in [-0.3, -0.25) is 4.79 Å². The molecule has 0 radical (unpaired) electrons. The first-order valence-electron chi connectivity index (χ1n) is 6.97. The Labute approximate surface area is 129 Å². The molecule has 0 bridgehead atoms. The monoisotopic (exact) mass is 330 g/mol. The van der Waals surface area contributed by atoms with Crippen molar-refractivity contribution >= 4 is 23.4 Å². The van der Waals surface area contributed by atoms with Crippen molar-refractivity contribution in [1.82, 2.24) is 0 Å². The Morgan fingerprint density at radius 1 is 1.29 bits per heavy atom. The van der Waals surface area contributed by atoms with Gasteiger partial charge in [0, 0.05) is 10.9 Å². The molecule has 2 unspecified atom stereocenters. The summed E-state index contributed by atoms with van der Waals surface area (Å²) in [5.41, 5.74) is -0.917. The number of aryl methyl sites for hydroxylation is 1. The molecule has 0 heterocycles. The van der Waals surface area contributed by atoms with Gasteiger partial charge in [-0.25, -0.2) is 0 Å². The van der Waals surface area contributed by atoms with E-state index in [1.54, 1.807) is 22.2 Å². The molecule has 116 valence electrons. The second-order valence-electron chi connectivity index (χ2n) is 5.03. The summed E-state index contributed by atoms with van der Waals surface area (Å²) in [5, 5.41) is 0.262. The van der Waals surface area contributed by atoms with Crippen LogP contribution in [-0.4, -0.2) is 24.8 Å². The lowest BCUT2D eigenvalue weighted by Gasteiger charge is -2.21. The van der Waals surface area contributed by atoms with E-state index in [-0.39, 0.29) is 5.31 Å². The summed E-state index contributed by atoms with van der Waals surface area (Å²) in [6, 6.07) is 7.52. The number of hydrogen-bond donors (Lipinski definition) is 0. The minimum absolute atomic E-state index is 0.262. The van der Waals surface area contributed by atoms with Crippen molar-refractivity contribution in [3.8, 4) is 0 Å². The fourth-order valence-electron chi connectivity index (χ4n) is 2.23. The largest absolute Gasteiger partial charge is 0.298 e. The molecular weight excluding hydrogens is 308 g/mol.